The molecule has 0 fully saturated rings. The maximum absolute atomic E-state index is 12.5. The predicted octanol–water partition coefficient (Wildman–Crippen LogP) is 4.28. The molecule has 1 unspecified atom stereocenters. The number of carbonyl (C=O) groups is 1. The van der Waals surface area contributed by atoms with E-state index in [1.165, 1.54) is 11.1 Å². The average molecular weight is 454 g/mol. The number of aromatic carboxylic acids is 1. The number of thioether (sulfide) groups is 1. The number of aryl methyl sites for hydroxylation is 2. The smallest absolute Gasteiger partial charge is 0.335 e. The van der Waals surface area contributed by atoms with Crippen LogP contribution in [0.1, 0.15) is 37.9 Å². The van der Waals surface area contributed by atoms with Crippen LogP contribution >= 0.6 is 11.8 Å². The van der Waals surface area contributed by atoms with Gasteiger partial charge in [0.25, 0.3) is 0 Å². The van der Waals surface area contributed by atoms with Crippen LogP contribution in [0.5, 0.6) is 0 Å². The van der Waals surface area contributed by atoms with Gasteiger partial charge in [-0.15, -0.1) is 11.8 Å². The van der Waals surface area contributed by atoms with Crippen LogP contribution < -0.4 is 4.72 Å². The zero-order valence-corrected chi connectivity index (χ0v) is 18.5. The van der Waals surface area contributed by atoms with Crippen LogP contribution in [0.4, 0.5) is 0 Å². The van der Waals surface area contributed by atoms with Gasteiger partial charge >= 0.3 is 5.97 Å². The van der Waals surface area contributed by atoms with E-state index in [4.69, 9.17) is 0 Å². The van der Waals surface area contributed by atoms with Crippen molar-refractivity contribution < 1.29 is 18.3 Å². The van der Waals surface area contributed by atoms with E-state index in [0.717, 1.165) is 24.0 Å². The number of hydrogen-bond acceptors (Lipinski definition) is 4. The molecule has 0 aliphatic heterocycles. The van der Waals surface area contributed by atoms with Crippen LogP contribution in [0.25, 0.3) is 0 Å². The van der Waals surface area contributed by atoms with Crippen molar-refractivity contribution in [2.75, 3.05) is 12.3 Å². The quantitative estimate of drug-likeness (QED) is 0.522. The SMILES string of the molecule is O=C(O)c1ccc2c(c1)C(SCCNS(=O)(=O)c1ccccc1)c1ccccc1CC2. The van der Waals surface area contributed by atoms with Crippen LogP contribution in [-0.4, -0.2) is 31.8 Å². The lowest BCUT2D eigenvalue weighted by molar-refractivity contribution is 0.0696. The maximum Gasteiger partial charge on any atom is 0.335 e. The molecule has 0 spiro atoms. The van der Waals surface area contributed by atoms with Crippen molar-refractivity contribution >= 4 is 27.8 Å². The summed E-state index contributed by atoms with van der Waals surface area (Å²) in [5, 5.41) is 9.42. The fourth-order valence-electron chi connectivity index (χ4n) is 3.87. The van der Waals surface area contributed by atoms with E-state index in [-0.39, 0.29) is 22.3 Å². The Morgan fingerprint density at radius 2 is 1.61 bits per heavy atom. The molecular weight excluding hydrogens is 430 g/mol. The van der Waals surface area contributed by atoms with Gasteiger partial charge in [0.1, 0.15) is 0 Å². The van der Waals surface area contributed by atoms with E-state index in [2.05, 4.69) is 16.9 Å². The summed E-state index contributed by atoms with van der Waals surface area (Å²) in [5.74, 6) is -0.387. The van der Waals surface area contributed by atoms with Crippen molar-refractivity contribution in [1.82, 2.24) is 4.72 Å². The van der Waals surface area contributed by atoms with E-state index in [1.807, 2.05) is 18.2 Å². The van der Waals surface area contributed by atoms with Gasteiger partial charge in [-0.25, -0.2) is 17.9 Å². The number of rotatable bonds is 7. The topological polar surface area (TPSA) is 83.5 Å². The maximum atomic E-state index is 12.5. The number of fused-ring (bicyclic) bond motifs is 2. The fourth-order valence-corrected chi connectivity index (χ4v) is 6.32. The Morgan fingerprint density at radius 1 is 0.935 bits per heavy atom. The van der Waals surface area contributed by atoms with E-state index in [0.29, 0.717) is 5.75 Å². The van der Waals surface area contributed by atoms with Crippen molar-refractivity contribution in [3.8, 4) is 0 Å². The minimum absolute atomic E-state index is 0.0470. The molecule has 31 heavy (non-hydrogen) atoms. The van der Waals surface area contributed by atoms with Gasteiger partial charge in [0.05, 0.1) is 15.7 Å². The van der Waals surface area contributed by atoms with Crippen LogP contribution in [0.15, 0.2) is 77.7 Å². The molecule has 4 rings (SSSR count). The van der Waals surface area contributed by atoms with E-state index in [9.17, 15) is 18.3 Å². The number of carboxylic acid groups (broad SMARTS) is 1. The Bertz CT molecular complexity index is 1190. The summed E-state index contributed by atoms with van der Waals surface area (Å²) < 4.78 is 27.6. The van der Waals surface area contributed by atoms with Gasteiger partial charge in [-0.1, -0.05) is 48.5 Å². The molecule has 0 amide bonds. The Hall–Kier alpha value is -2.61. The second-order valence-electron chi connectivity index (χ2n) is 7.38. The molecule has 0 heterocycles. The molecule has 7 heteroatoms. The average Bonchev–Trinajstić information content (AvgIpc) is 2.94. The predicted molar refractivity (Wildman–Crippen MR) is 123 cm³/mol. The van der Waals surface area contributed by atoms with Crippen molar-refractivity contribution in [1.29, 1.82) is 0 Å². The number of benzene rings is 3. The molecule has 1 aliphatic rings. The number of carboxylic acids is 1. The number of sulfonamides is 1. The third-order valence-electron chi connectivity index (χ3n) is 5.41. The third kappa shape index (κ3) is 4.84. The summed E-state index contributed by atoms with van der Waals surface area (Å²) in [7, 11) is -3.55. The zero-order valence-electron chi connectivity index (χ0n) is 16.8. The first-order chi connectivity index (χ1) is 15.0. The highest BCUT2D eigenvalue weighted by molar-refractivity contribution is 7.99. The standard InChI is InChI=1S/C24H23NO4S2/c26-24(27)19-13-12-18-11-10-17-6-4-5-9-21(17)23(22(18)16-19)30-15-14-25-31(28,29)20-7-2-1-3-8-20/h1-9,12-13,16,23,25H,10-11,14-15H2,(H,26,27). The molecule has 160 valence electrons. The van der Waals surface area contributed by atoms with Gasteiger partial charge < -0.3 is 5.11 Å². The highest BCUT2D eigenvalue weighted by Gasteiger charge is 2.25. The molecule has 2 N–H and O–H groups in total. The van der Waals surface area contributed by atoms with Gasteiger partial charge in [0.15, 0.2) is 0 Å². The fraction of sp³-hybridized carbons (Fsp3) is 0.208. The summed E-state index contributed by atoms with van der Waals surface area (Å²) in [6.45, 7) is 0.286. The minimum Gasteiger partial charge on any atom is -0.478 e. The van der Waals surface area contributed by atoms with E-state index >= 15 is 0 Å². The molecule has 0 bridgehead atoms. The Morgan fingerprint density at radius 3 is 2.35 bits per heavy atom. The molecule has 3 aromatic rings. The van der Waals surface area contributed by atoms with Crippen molar-refractivity contribution in [2.45, 2.75) is 23.0 Å². The summed E-state index contributed by atoms with van der Waals surface area (Å²) in [5.41, 5.74) is 4.83. The van der Waals surface area contributed by atoms with Crippen LogP contribution in [0, 0.1) is 0 Å². The Kier molecular flexibility index (Phi) is 6.46. The zero-order chi connectivity index (χ0) is 21.8. The van der Waals surface area contributed by atoms with Gasteiger partial charge in [0, 0.05) is 12.3 Å². The second kappa shape index (κ2) is 9.26. The number of nitrogens with one attached hydrogen (secondary N) is 1. The monoisotopic (exact) mass is 453 g/mol. The molecule has 0 saturated carbocycles. The van der Waals surface area contributed by atoms with Crippen molar-refractivity contribution in [2.24, 2.45) is 0 Å². The minimum atomic E-state index is -3.55. The first kappa shape index (κ1) is 21.6. The van der Waals surface area contributed by atoms with Crippen LogP contribution in [0.3, 0.4) is 0 Å². The lowest BCUT2D eigenvalue weighted by Gasteiger charge is -2.20. The molecule has 0 aromatic heterocycles. The molecule has 3 aromatic carbocycles. The molecule has 0 radical (unpaired) electrons. The third-order valence-corrected chi connectivity index (χ3v) is 8.17. The molecule has 1 aliphatic carbocycles. The normalized spacial score (nSPS) is 15.5. The van der Waals surface area contributed by atoms with Crippen LogP contribution in [0.2, 0.25) is 0 Å². The first-order valence-electron chi connectivity index (χ1n) is 10.1. The lowest BCUT2D eigenvalue weighted by Crippen LogP contribution is -2.26. The number of hydrogen-bond donors (Lipinski definition) is 2. The van der Waals surface area contributed by atoms with Gasteiger partial charge in [-0.2, -0.15) is 0 Å². The van der Waals surface area contributed by atoms with Crippen LogP contribution in [-0.2, 0) is 22.9 Å². The van der Waals surface area contributed by atoms with Gasteiger partial charge in [-0.3, -0.25) is 0 Å². The van der Waals surface area contributed by atoms with Crippen molar-refractivity contribution in [3.05, 3.63) is 101 Å². The van der Waals surface area contributed by atoms with E-state index < -0.39 is 16.0 Å². The second-order valence-corrected chi connectivity index (χ2v) is 10.4. The molecule has 0 saturated heterocycles. The highest BCUT2D eigenvalue weighted by Crippen LogP contribution is 2.42. The first-order valence-corrected chi connectivity index (χ1v) is 12.6. The molecular formula is C24H23NO4S2. The van der Waals surface area contributed by atoms with Gasteiger partial charge in [0.2, 0.25) is 10.0 Å². The largest absolute Gasteiger partial charge is 0.478 e. The Labute approximate surface area is 186 Å². The van der Waals surface area contributed by atoms with E-state index in [1.54, 1.807) is 54.2 Å². The van der Waals surface area contributed by atoms with Gasteiger partial charge in [-0.05, 0) is 59.4 Å². The highest BCUT2D eigenvalue weighted by atomic mass is 32.2. The summed E-state index contributed by atoms with van der Waals surface area (Å²) in [6, 6.07) is 21.9. The molecule has 1 atom stereocenters. The Balaban J connectivity index is 1.56. The summed E-state index contributed by atoms with van der Waals surface area (Å²) in [4.78, 5) is 11.8. The lowest BCUT2D eigenvalue weighted by atomic mass is 9.98. The summed E-state index contributed by atoms with van der Waals surface area (Å²) in [6.07, 6.45) is 1.75. The molecule has 5 nitrogen and oxygen atoms in total. The van der Waals surface area contributed by atoms with Crippen molar-refractivity contribution in [3.63, 3.8) is 0 Å². The summed E-state index contributed by atoms with van der Waals surface area (Å²) >= 11 is 1.63.